The molecule has 2 heterocycles. The first-order valence-electron chi connectivity index (χ1n) is 10.1. The van der Waals surface area contributed by atoms with Crippen molar-refractivity contribution in [3.05, 3.63) is 53.1 Å². The highest BCUT2D eigenvalue weighted by molar-refractivity contribution is 6.30. The standard InChI is InChI=1S/C22H29ClN4O3/c1-22(2,3)30-21(29)27-12-5-6-16(14-27)20(28)25-18(19-24-11-13-26(19)4)15-7-9-17(23)10-8-15/h7-11,13,16,18H,5-6,12,14H2,1-4H3,(H,25,28)/t16-,18-/m1/s1. The SMILES string of the molecule is Cn1ccnc1[C@H](NC(=O)[C@@H]1CCCN(C(=O)OC(C)(C)C)C1)c1ccc(Cl)cc1. The number of amides is 2. The van der Waals surface area contributed by atoms with Crippen molar-refractivity contribution >= 4 is 23.6 Å². The average molecular weight is 433 g/mol. The van der Waals surface area contributed by atoms with Crippen LogP contribution in [0.5, 0.6) is 0 Å². The van der Waals surface area contributed by atoms with E-state index in [0.717, 1.165) is 24.2 Å². The van der Waals surface area contributed by atoms with Gasteiger partial charge in [0.15, 0.2) is 0 Å². The van der Waals surface area contributed by atoms with Gasteiger partial charge in [0.25, 0.3) is 0 Å². The number of carbonyl (C=O) groups excluding carboxylic acids is 2. The number of hydrogen-bond donors (Lipinski definition) is 1. The van der Waals surface area contributed by atoms with Crippen LogP contribution >= 0.6 is 11.6 Å². The Morgan fingerprint density at radius 3 is 2.57 bits per heavy atom. The lowest BCUT2D eigenvalue weighted by Gasteiger charge is -2.34. The van der Waals surface area contributed by atoms with Crippen LogP contribution < -0.4 is 5.32 Å². The van der Waals surface area contributed by atoms with Crippen LogP contribution in [0.2, 0.25) is 5.02 Å². The molecule has 1 fully saturated rings. The number of nitrogens with zero attached hydrogens (tertiary/aromatic N) is 3. The van der Waals surface area contributed by atoms with Gasteiger partial charge >= 0.3 is 6.09 Å². The lowest BCUT2D eigenvalue weighted by atomic mass is 9.96. The lowest BCUT2D eigenvalue weighted by molar-refractivity contribution is -0.127. The zero-order valence-electron chi connectivity index (χ0n) is 17.9. The van der Waals surface area contributed by atoms with Crippen molar-refractivity contribution in [2.24, 2.45) is 13.0 Å². The number of ether oxygens (including phenoxy) is 1. The van der Waals surface area contributed by atoms with Gasteiger partial charge in [0, 0.05) is 37.6 Å². The smallest absolute Gasteiger partial charge is 0.410 e. The van der Waals surface area contributed by atoms with Gasteiger partial charge in [-0.25, -0.2) is 9.78 Å². The van der Waals surface area contributed by atoms with Crippen LogP contribution in [0.3, 0.4) is 0 Å². The molecule has 0 spiro atoms. The Kier molecular flexibility index (Phi) is 6.71. The number of imidazole rings is 1. The minimum absolute atomic E-state index is 0.105. The van der Waals surface area contributed by atoms with Crippen molar-refractivity contribution in [1.82, 2.24) is 19.8 Å². The Hall–Kier alpha value is -2.54. The predicted molar refractivity (Wildman–Crippen MR) is 115 cm³/mol. The maximum absolute atomic E-state index is 13.2. The number of carbonyl (C=O) groups is 2. The molecule has 2 atom stereocenters. The van der Waals surface area contributed by atoms with E-state index in [4.69, 9.17) is 16.3 Å². The maximum Gasteiger partial charge on any atom is 0.410 e. The summed E-state index contributed by atoms with van der Waals surface area (Å²) in [6.07, 6.45) is 4.65. The number of piperidine rings is 1. The topological polar surface area (TPSA) is 76.5 Å². The van der Waals surface area contributed by atoms with Crippen LogP contribution in [-0.4, -0.2) is 45.1 Å². The van der Waals surface area contributed by atoms with E-state index in [1.54, 1.807) is 23.2 Å². The maximum atomic E-state index is 13.2. The van der Waals surface area contributed by atoms with Gasteiger partial charge in [-0.1, -0.05) is 23.7 Å². The highest BCUT2D eigenvalue weighted by Gasteiger charge is 2.32. The van der Waals surface area contributed by atoms with Crippen molar-refractivity contribution in [1.29, 1.82) is 0 Å². The molecule has 1 aliphatic rings. The van der Waals surface area contributed by atoms with Gasteiger partial charge in [-0.15, -0.1) is 0 Å². The normalized spacial score (nSPS) is 18.0. The van der Waals surface area contributed by atoms with E-state index in [-0.39, 0.29) is 17.9 Å². The van der Waals surface area contributed by atoms with Gasteiger partial charge in [0.05, 0.1) is 5.92 Å². The summed E-state index contributed by atoms with van der Waals surface area (Å²) < 4.78 is 7.35. The number of aromatic nitrogens is 2. The number of rotatable bonds is 4. The van der Waals surface area contributed by atoms with E-state index in [2.05, 4.69) is 10.3 Å². The molecule has 162 valence electrons. The van der Waals surface area contributed by atoms with E-state index < -0.39 is 11.6 Å². The minimum Gasteiger partial charge on any atom is -0.444 e. The summed E-state index contributed by atoms with van der Waals surface area (Å²) in [4.78, 5) is 31.6. The first kappa shape index (κ1) is 22.2. The van der Waals surface area contributed by atoms with E-state index in [1.165, 1.54) is 0 Å². The summed E-state index contributed by atoms with van der Waals surface area (Å²) in [5, 5.41) is 3.76. The highest BCUT2D eigenvalue weighted by atomic mass is 35.5. The molecule has 0 radical (unpaired) electrons. The number of benzene rings is 1. The first-order valence-corrected chi connectivity index (χ1v) is 10.5. The second kappa shape index (κ2) is 9.08. The van der Waals surface area contributed by atoms with Crippen LogP contribution in [0, 0.1) is 5.92 Å². The summed E-state index contributed by atoms with van der Waals surface area (Å²) in [5.74, 6) is 0.318. The summed E-state index contributed by atoms with van der Waals surface area (Å²) in [5.41, 5.74) is 0.325. The number of nitrogens with one attached hydrogen (secondary N) is 1. The van der Waals surface area contributed by atoms with Crippen LogP contribution in [0.15, 0.2) is 36.7 Å². The molecule has 7 nitrogen and oxygen atoms in total. The van der Waals surface area contributed by atoms with Gasteiger partial charge in [0.2, 0.25) is 5.91 Å². The molecule has 1 aromatic heterocycles. The molecule has 1 aliphatic heterocycles. The molecule has 1 N–H and O–H groups in total. The summed E-state index contributed by atoms with van der Waals surface area (Å²) in [7, 11) is 1.89. The van der Waals surface area contributed by atoms with Gasteiger partial charge in [-0.05, 0) is 51.3 Å². The Morgan fingerprint density at radius 2 is 1.97 bits per heavy atom. The number of halogens is 1. The van der Waals surface area contributed by atoms with Crippen LogP contribution in [-0.2, 0) is 16.6 Å². The van der Waals surface area contributed by atoms with Crippen molar-refractivity contribution < 1.29 is 14.3 Å². The predicted octanol–water partition coefficient (Wildman–Crippen LogP) is 3.93. The average Bonchev–Trinajstić information content (AvgIpc) is 3.11. The van der Waals surface area contributed by atoms with E-state index >= 15 is 0 Å². The van der Waals surface area contributed by atoms with E-state index in [0.29, 0.717) is 18.1 Å². The molecule has 3 rings (SSSR count). The zero-order valence-corrected chi connectivity index (χ0v) is 18.6. The minimum atomic E-state index is -0.565. The molecular formula is C22H29ClN4O3. The van der Waals surface area contributed by atoms with Crippen LogP contribution in [0.25, 0.3) is 0 Å². The van der Waals surface area contributed by atoms with Crippen molar-refractivity contribution in [2.45, 2.75) is 45.3 Å². The van der Waals surface area contributed by atoms with Crippen LogP contribution in [0.1, 0.15) is 51.0 Å². The van der Waals surface area contributed by atoms with Gasteiger partial charge < -0.3 is 19.5 Å². The van der Waals surface area contributed by atoms with Crippen molar-refractivity contribution in [3.8, 4) is 0 Å². The third kappa shape index (κ3) is 5.53. The molecule has 1 saturated heterocycles. The Labute approximate surface area is 182 Å². The Balaban J connectivity index is 1.74. The van der Waals surface area contributed by atoms with Crippen molar-refractivity contribution in [2.75, 3.05) is 13.1 Å². The Morgan fingerprint density at radius 1 is 1.27 bits per heavy atom. The number of likely N-dealkylation sites (tertiary alicyclic amines) is 1. The van der Waals surface area contributed by atoms with Crippen LogP contribution in [0.4, 0.5) is 4.79 Å². The number of hydrogen-bond acceptors (Lipinski definition) is 4. The fourth-order valence-electron chi connectivity index (χ4n) is 3.55. The quantitative estimate of drug-likeness (QED) is 0.794. The molecular weight excluding hydrogens is 404 g/mol. The third-order valence-corrected chi connectivity index (χ3v) is 5.30. The Bertz CT molecular complexity index is 889. The third-order valence-electron chi connectivity index (χ3n) is 5.05. The molecule has 1 aromatic carbocycles. The fourth-order valence-corrected chi connectivity index (χ4v) is 3.68. The molecule has 8 heteroatoms. The summed E-state index contributed by atoms with van der Waals surface area (Å²) in [6, 6.07) is 6.95. The molecule has 0 saturated carbocycles. The zero-order chi connectivity index (χ0) is 21.9. The number of aryl methyl sites for hydroxylation is 1. The molecule has 0 unspecified atom stereocenters. The highest BCUT2D eigenvalue weighted by Crippen LogP contribution is 2.25. The van der Waals surface area contributed by atoms with E-state index in [1.807, 2.05) is 50.7 Å². The molecule has 0 aliphatic carbocycles. The summed E-state index contributed by atoms with van der Waals surface area (Å²) >= 11 is 6.03. The molecule has 2 amide bonds. The van der Waals surface area contributed by atoms with Gasteiger partial charge in [-0.2, -0.15) is 0 Å². The van der Waals surface area contributed by atoms with Gasteiger partial charge in [-0.3, -0.25) is 4.79 Å². The lowest BCUT2D eigenvalue weighted by Crippen LogP contribution is -2.47. The second-order valence-corrected chi connectivity index (χ2v) is 9.09. The molecule has 30 heavy (non-hydrogen) atoms. The molecule has 2 aromatic rings. The first-order chi connectivity index (χ1) is 14.1. The summed E-state index contributed by atoms with van der Waals surface area (Å²) in [6.45, 7) is 6.45. The largest absolute Gasteiger partial charge is 0.444 e. The van der Waals surface area contributed by atoms with Gasteiger partial charge in [0.1, 0.15) is 17.5 Å². The van der Waals surface area contributed by atoms with Crippen molar-refractivity contribution in [3.63, 3.8) is 0 Å². The fraction of sp³-hybridized carbons (Fsp3) is 0.500. The monoisotopic (exact) mass is 432 g/mol. The van der Waals surface area contributed by atoms with E-state index in [9.17, 15) is 9.59 Å². The molecule has 0 bridgehead atoms. The second-order valence-electron chi connectivity index (χ2n) is 8.66.